The number of amides is 1. The molecule has 1 amide bonds. The number of hydrogen-bond donors (Lipinski definition) is 2. The van der Waals surface area contributed by atoms with E-state index >= 15 is 0 Å². The van der Waals surface area contributed by atoms with E-state index in [0.29, 0.717) is 27.5 Å². The van der Waals surface area contributed by atoms with Crippen LogP contribution >= 0.6 is 23.5 Å². The molecule has 0 spiro atoms. The molecule has 3 heterocycles. The minimum absolute atomic E-state index is 0.263. The first-order valence-electron chi connectivity index (χ1n) is 9.88. The first-order chi connectivity index (χ1) is 16.1. The van der Waals surface area contributed by atoms with Crippen LogP contribution < -0.4 is 10.1 Å². The van der Waals surface area contributed by atoms with Gasteiger partial charge in [0.1, 0.15) is 35.7 Å². The van der Waals surface area contributed by atoms with Crippen molar-refractivity contribution in [3.63, 3.8) is 0 Å². The fraction of sp³-hybridized carbons (Fsp3) is 0.190. The SMILES string of the molecule is CN(C)CCOc1ccc(Sc2ccc(Sc3ncn[nH]3)nc2C(=O)Nc2ccon2)cc1. The number of benzene rings is 1. The molecule has 0 saturated heterocycles. The molecular weight excluding hydrogens is 462 g/mol. The second-order valence-corrected chi connectivity index (χ2v) is 9.08. The Bertz CT molecular complexity index is 1170. The summed E-state index contributed by atoms with van der Waals surface area (Å²) in [6.07, 6.45) is 2.80. The maximum Gasteiger partial charge on any atom is 0.276 e. The van der Waals surface area contributed by atoms with Crippen LogP contribution in [0.15, 0.2) is 79.6 Å². The Kier molecular flexibility index (Phi) is 7.60. The number of nitrogens with one attached hydrogen (secondary N) is 2. The topological polar surface area (TPSA) is 122 Å². The van der Waals surface area contributed by atoms with E-state index in [1.54, 1.807) is 6.07 Å². The van der Waals surface area contributed by atoms with Gasteiger partial charge >= 0.3 is 0 Å². The number of carbonyl (C=O) groups excluding carboxylic acids is 1. The van der Waals surface area contributed by atoms with Crippen LogP contribution in [-0.2, 0) is 0 Å². The van der Waals surface area contributed by atoms with Crippen LogP contribution in [0.25, 0.3) is 0 Å². The summed E-state index contributed by atoms with van der Waals surface area (Å²) < 4.78 is 10.5. The predicted molar refractivity (Wildman–Crippen MR) is 124 cm³/mol. The molecule has 33 heavy (non-hydrogen) atoms. The highest BCUT2D eigenvalue weighted by Crippen LogP contribution is 2.33. The number of ether oxygens (including phenoxy) is 1. The lowest BCUT2D eigenvalue weighted by atomic mass is 10.3. The van der Waals surface area contributed by atoms with Crippen LogP contribution in [0.4, 0.5) is 5.82 Å². The van der Waals surface area contributed by atoms with E-state index in [4.69, 9.17) is 9.26 Å². The number of likely N-dealkylation sites (N-methyl/N-ethyl adjacent to an activating group) is 1. The van der Waals surface area contributed by atoms with Crippen LogP contribution in [0.2, 0.25) is 0 Å². The van der Waals surface area contributed by atoms with Crippen molar-refractivity contribution in [2.75, 3.05) is 32.6 Å². The standard InChI is InChI=1S/C21H21N7O3S2/c1-28(2)10-12-30-14-3-5-15(6-4-14)32-16-7-8-18(33-21-22-13-23-26-21)25-19(16)20(29)24-17-9-11-31-27-17/h3-9,11,13H,10,12H2,1-2H3,(H,22,23,26)(H,24,27,29). The van der Waals surface area contributed by atoms with E-state index in [1.165, 1.54) is 36.1 Å². The minimum Gasteiger partial charge on any atom is -0.492 e. The molecule has 0 aliphatic rings. The Morgan fingerprint density at radius 1 is 1.15 bits per heavy atom. The van der Waals surface area contributed by atoms with E-state index in [2.05, 4.69) is 35.5 Å². The quantitative estimate of drug-likeness (QED) is 0.345. The van der Waals surface area contributed by atoms with Crippen molar-refractivity contribution in [1.29, 1.82) is 0 Å². The van der Waals surface area contributed by atoms with Gasteiger partial charge in [-0.1, -0.05) is 16.9 Å². The van der Waals surface area contributed by atoms with Crippen LogP contribution in [0.1, 0.15) is 10.5 Å². The van der Waals surface area contributed by atoms with Crippen molar-refractivity contribution in [1.82, 2.24) is 30.2 Å². The smallest absolute Gasteiger partial charge is 0.276 e. The first kappa shape index (κ1) is 22.8. The first-order valence-corrected chi connectivity index (χ1v) is 11.5. The largest absolute Gasteiger partial charge is 0.492 e. The molecule has 0 unspecified atom stereocenters. The van der Waals surface area contributed by atoms with Gasteiger partial charge in [0.2, 0.25) is 0 Å². The molecule has 4 rings (SSSR count). The Hall–Kier alpha value is -3.35. The normalized spacial score (nSPS) is 11.0. The fourth-order valence-electron chi connectivity index (χ4n) is 2.60. The van der Waals surface area contributed by atoms with Crippen LogP contribution in [0, 0.1) is 0 Å². The van der Waals surface area contributed by atoms with Gasteiger partial charge in [-0.15, -0.1) is 0 Å². The zero-order chi connectivity index (χ0) is 23.0. The molecule has 0 aliphatic carbocycles. The summed E-state index contributed by atoms with van der Waals surface area (Å²) in [6, 6.07) is 13.0. The molecular formula is C21H21N7O3S2. The summed E-state index contributed by atoms with van der Waals surface area (Å²) in [5.74, 6) is 0.711. The molecule has 0 saturated carbocycles. The zero-order valence-electron chi connectivity index (χ0n) is 17.9. The lowest BCUT2D eigenvalue weighted by molar-refractivity contribution is 0.101. The molecule has 3 aromatic heterocycles. The van der Waals surface area contributed by atoms with Crippen molar-refractivity contribution in [3.8, 4) is 5.75 Å². The Morgan fingerprint density at radius 3 is 2.70 bits per heavy atom. The van der Waals surface area contributed by atoms with Crippen molar-refractivity contribution in [2.45, 2.75) is 20.0 Å². The maximum absolute atomic E-state index is 13.0. The summed E-state index contributed by atoms with van der Waals surface area (Å²) in [6.45, 7) is 1.45. The van der Waals surface area contributed by atoms with Gasteiger partial charge in [-0.05, 0) is 62.3 Å². The number of aromatic amines is 1. The van der Waals surface area contributed by atoms with E-state index in [0.717, 1.165) is 17.2 Å². The van der Waals surface area contributed by atoms with Crippen molar-refractivity contribution in [3.05, 3.63) is 60.7 Å². The van der Waals surface area contributed by atoms with E-state index < -0.39 is 5.91 Å². The summed E-state index contributed by atoms with van der Waals surface area (Å²) in [4.78, 5) is 25.3. The Morgan fingerprint density at radius 2 is 2.00 bits per heavy atom. The molecule has 10 nitrogen and oxygen atoms in total. The molecule has 0 aliphatic heterocycles. The number of pyridine rings is 1. The van der Waals surface area contributed by atoms with Gasteiger partial charge < -0.3 is 19.5 Å². The number of rotatable bonds is 10. The second-order valence-electron chi connectivity index (χ2n) is 6.95. The number of anilines is 1. The average molecular weight is 484 g/mol. The van der Waals surface area contributed by atoms with Gasteiger partial charge in [-0.25, -0.2) is 9.97 Å². The highest BCUT2D eigenvalue weighted by Gasteiger charge is 2.18. The van der Waals surface area contributed by atoms with Crippen molar-refractivity contribution >= 4 is 35.2 Å². The average Bonchev–Trinajstić information content (AvgIpc) is 3.50. The lowest BCUT2D eigenvalue weighted by Crippen LogP contribution is -2.19. The van der Waals surface area contributed by atoms with Crippen molar-refractivity contribution < 1.29 is 14.1 Å². The summed E-state index contributed by atoms with van der Waals surface area (Å²) in [5, 5.41) is 14.2. The van der Waals surface area contributed by atoms with Gasteiger partial charge in [-0.2, -0.15) is 5.10 Å². The Balaban J connectivity index is 1.52. The third-order valence-electron chi connectivity index (χ3n) is 4.18. The maximum atomic E-state index is 13.0. The van der Waals surface area contributed by atoms with Gasteiger partial charge in [0, 0.05) is 22.4 Å². The number of hydrogen-bond acceptors (Lipinski definition) is 10. The number of H-pyrrole nitrogens is 1. The monoisotopic (exact) mass is 483 g/mol. The number of aromatic nitrogens is 5. The molecule has 0 atom stereocenters. The molecule has 0 radical (unpaired) electrons. The molecule has 0 fully saturated rings. The van der Waals surface area contributed by atoms with E-state index in [-0.39, 0.29) is 5.69 Å². The van der Waals surface area contributed by atoms with Crippen molar-refractivity contribution in [2.24, 2.45) is 0 Å². The predicted octanol–water partition coefficient (Wildman–Crippen LogP) is 3.68. The minimum atomic E-state index is -0.393. The lowest BCUT2D eigenvalue weighted by Gasteiger charge is -2.12. The molecule has 12 heteroatoms. The fourth-order valence-corrected chi connectivity index (χ4v) is 4.17. The second kappa shape index (κ2) is 11.0. The number of carbonyl (C=O) groups is 1. The van der Waals surface area contributed by atoms with Gasteiger partial charge in [0.05, 0.1) is 0 Å². The summed E-state index contributed by atoms with van der Waals surface area (Å²) >= 11 is 2.71. The molecule has 1 aromatic carbocycles. The van der Waals surface area contributed by atoms with Gasteiger partial charge in [-0.3, -0.25) is 9.89 Å². The van der Waals surface area contributed by atoms with E-state index in [9.17, 15) is 4.79 Å². The van der Waals surface area contributed by atoms with E-state index in [1.807, 2.05) is 50.5 Å². The van der Waals surface area contributed by atoms with Crippen LogP contribution in [0.3, 0.4) is 0 Å². The van der Waals surface area contributed by atoms with Crippen LogP contribution in [-0.4, -0.2) is 63.4 Å². The zero-order valence-corrected chi connectivity index (χ0v) is 19.5. The van der Waals surface area contributed by atoms with Gasteiger partial charge in [0.15, 0.2) is 11.0 Å². The Labute approximate surface area is 198 Å². The summed E-state index contributed by atoms with van der Waals surface area (Å²) in [5.41, 5.74) is 0.263. The highest BCUT2D eigenvalue weighted by atomic mass is 32.2. The van der Waals surface area contributed by atoms with Gasteiger partial charge in [0.25, 0.3) is 5.91 Å². The third-order valence-corrected chi connectivity index (χ3v) is 6.06. The summed E-state index contributed by atoms with van der Waals surface area (Å²) in [7, 11) is 4.01. The number of nitrogens with zero attached hydrogens (tertiary/aromatic N) is 5. The molecule has 0 bridgehead atoms. The molecule has 170 valence electrons. The third kappa shape index (κ3) is 6.57. The van der Waals surface area contributed by atoms with Crippen LogP contribution in [0.5, 0.6) is 5.75 Å². The molecule has 4 aromatic rings. The molecule has 2 N–H and O–H groups in total. The highest BCUT2D eigenvalue weighted by molar-refractivity contribution is 7.99.